The van der Waals surface area contributed by atoms with Crippen LogP contribution in [0.3, 0.4) is 0 Å². The number of alkyl halides is 17. The highest BCUT2D eigenvalue weighted by Gasteiger charge is 2.86. The molecule has 22 heteroatoms. The molecule has 0 amide bonds. The van der Waals surface area contributed by atoms with Crippen molar-refractivity contribution in [3.05, 3.63) is 0 Å². The lowest BCUT2D eigenvalue weighted by atomic mass is 10.2. The summed E-state index contributed by atoms with van der Waals surface area (Å²) in [6, 6.07) is 0. The molecule has 0 aromatic heterocycles. The summed E-state index contributed by atoms with van der Waals surface area (Å²) in [5.41, 5.74) is 0. The standard InChI is InChI=1S/C12H5F17O5/c1-4(13,14)10(24,25)34-11(26,27)5(15)2-31-7(33-5,9(21,22)23)12(28,29)32-3(30)6(16,17)8(18,19)20/h2H2,1H3. The Labute approximate surface area is 173 Å². The summed E-state index contributed by atoms with van der Waals surface area (Å²) in [4.78, 5) is 10.7. The third-order valence-corrected chi connectivity index (χ3v) is 3.56. The highest BCUT2D eigenvalue weighted by atomic mass is 19.4. The van der Waals surface area contributed by atoms with E-state index >= 15 is 0 Å². The normalized spacial score (nSPS) is 26.1. The lowest BCUT2D eigenvalue weighted by Gasteiger charge is -2.37. The average molecular weight is 552 g/mol. The highest BCUT2D eigenvalue weighted by Crippen LogP contribution is 2.57. The molecule has 5 nitrogen and oxygen atoms in total. The SMILES string of the molecule is CC(F)(F)C(F)(F)OC(F)(F)C1(F)COC(C(F)(F)F)(C(F)(F)OC(=O)C(F)(F)C(F)(F)F)O1. The molecule has 0 spiro atoms. The number of rotatable bonds is 7. The first kappa shape index (κ1) is 30.2. The van der Waals surface area contributed by atoms with Gasteiger partial charge in [-0.3, -0.25) is 4.74 Å². The zero-order chi connectivity index (χ0) is 27.6. The summed E-state index contributed by atoms with van der Waals surface area (Å²) in [6.45, 7) is -4.11. The highest BCUT2D eigenvalue weighted by molar-refractivity contribution is 5.79. The van der Waals surface area contributed by atoms with Crippen LogP contribution in [0.15, 0.2) is 0 Å². The van der Waals surface area contributed by atoms with E-state index in [9.17, 15) is 79.4 Å². The molecule has 2 unspecified atom stereocenters. The van der Waals surface area contributed by atoms with Gasteiger partial charge in [-0.1, -0.05) is 0 Å². The number of halogens is 17. The number of hydrogen-bond donors (Lipinski definition) is 0. The van der Waals surface area contributed by atoms with Gasteiger partial charge in [0.05, 0.1) is 0 Å². The minimum atomic E-state index is -7.18. The largest absolute Gasteiger partial charge is 0.466 e. The Morgan fingerprint density at radius 3 is 1.59 bits per heavy atom. The molecule has 1 saturated heterocycles. The molecule has 1 aliphatic heterocycles. The van der Waals surface area contributed by atoms with Crippen molar-refractivity contribution in [3.63, 3.8) is 0 Å². The quantitative estimate of drug-likeness (QED) is 0.324. The van der Waals surface area contributed by atoms with Gasteiger partial charge in [-0.25, -0.2) is 9.53 Å². The minimum Gasteiger partial charge on any atom is -0.392 e. The van der Waals surface area contributed by atoms with Crippen molar-refractivity contribution in [1.82, 2.24) is 0 Å². The summed E-state index contributed by atoms with van der Waals surface area (Å²) in [5.74, 6) is -29.6. The second kappa shape index (κ2) is 7.83. The van der Waals surface area contributed by atoms with Gasteiger partial charge in [-0.05, 0) is 0 Å². The first-order valence-corrected chi connectivity index (χ1v) is 7.49. The lowest BCUT2D eigenvalue weighted by Crippen LogP contribution is -2.65. The molecule has 0 saturated carbocycles. The average Bonchev–Trinajstić information content (AvgIpc) is 2.93. The molecular weight excluding hydrogens is 547 g/mol. The fourth-order valence-corrected chi connectivity index (χ4v) is 1.76. The maximum atomic E-state index is 14.2. The summed E-state index contributed by atoms with van der Waals surface area (Å²) in [5, 5.41) is 0. The Hall–Kier alpha value is -1.84. The van der Waals surface area contributed by atoms with Crippen LogP contribution in [0.5, 0.6) is 0 Å². The van der Waals surface area contributed by atoms with Crippen molar-refractivity contribution in [2.24, 2.45) is 0 Å². The van der Waals surface area contributed by atoms with Gasteiger partial charge in [-0.2, -0.15) is 74.6 Å². The van der Waals surface area contributed by atoms with Crippen LogP contribution in [0.4, 0.5) is 74.6 Å². The molecule has 34 heavy (non-hydrogen) atoms. The van der Waals surface area contributed by atoms with E-state index in [1.807, 2.05) is 0 Å². The van der Waals surface area contributed by atoms with Crippen LogP contribution in [0.25, 0.3) is 0 Å². The Balaban J connectivity index is 3.45. The van der Waals surface area contributed by atoms with Crippen molar-refractivity contribution in [2.75, 3.05) is 6.61 Å². The third-order valence-electron chi connectivity index (χ3n) is 3.56. The van der Waals surface area contributed by atoms with Crippen LogP contribution in [0.1, 0.15) is 6.92 Å². The summed E-state index contributed by atoms with van der Waals surface area (Å²) < 4.78 is 231. The zero-order valence-corrected chi connectivity index (χ0v) is 15.2. The van der Waals surface area contributed by atoms with Gasteiger partial charge in [0, 0.05) is 6.92 Å². The van der Waals surface area contributed by atoms with E-state index in [-0.39, 0.29) is 0 Å². The van der Waals surface area contributed by atoms with Crippen molar-refractivity contribution < 1.29 is 98.4 Å². The Bertz CT molecular complexity index is 783. The van der Waals surface area contributed by atoms with Gasteiger partial charge in [0.15, 0.2) is 0 Å². The molecule has 0 aromatic carbocycles. The monoisotopic (exact) mass is 552 g/mol. The molecule has 202 valence electrons. The van der Waals surface area contributed by atoms with Gasteiger partial charge in [0.25, 0.3) is 0 Å². The number of hydrogen-bond acceptors (Lipinski definition) is 5. The predicted octanol–water partition coefficient (Wildman–Crippen LogP) is 5.15. The summed E-state index contributed by atoms with van der Waals surface area (Å²) in [6.07, 6.45) is -34.5. The predicted molar refractivity (Wildman–Crippen MR) is 63.3 cm³/mol. The van der Waals surface area contributed by atoms with Crippen LogP contribution in [0.2, 0.25) is 0 Å². The zero-order valence-electron chi connectivity index (χ0n) is 15.2. The molecule has 2 atom stereocenters. The van der Waals surface area contributed by atoms with Crippen LogP contribution in [0, 0.1) is 0 Å². The van der Waals surface area contributed by atoms with E-state index in [1.165, 1.54) is 0 Å². The topological polar surface area (TPSA) is 54.0 Å². The van der Waals surface area contributed by atoms with E-state index < -0.39 is 73.7 Å². The number of carbonyl (C=O) groups is 1. The van der Waals surface area contributed by atoms with Gasteiger partial charge in [-0.15, -0.1) is 0 Å². The van der Waals surface area contributed by atoms with Gasteiger partial charge < -0.3 is 9.47 Å². The molecular formula is C12H5F17O5. The van der Waals surface area contributed by atoms with E-state index in [1.54, 1.807) is 0 Å². The fraction of sp³-hybridized carbons (Fsp3) is 0.917. The van der Waals surface area contributed by atoms with Crippen LogP contribution in [-0.2, 0) is 23.7 Å². The van der Waals surface area contributed by atoms with E-state index in [0.29, 0.717) is 0 Å². The lowest BCUT2D eigenvalue weighted by molar-refractivity contribution is -0.508. The van der Waals surface area contributed by atoms with Crippen molar-refractivity contribution in [2.45, 2.75) is 61.1 Å². The Kier molecular flexibility index (Phi) is 6.95. The Morgan fingerprint density at radius 2 is 1.24 bits per heavy atom. The molecule has 0 bridgehead atoms. The molecule has 0 N–H and O–H groups in total. The van der Waals surface area contributed by atoms with Crippen molar-refractivity contribution in [1.29, 1.82) is 0 Å². The molecule has 1 heterocycles. The Morgan fingerprint density at radius 1 is 0.794 bits per heavy atom. The first-order chi connectivity index (χ1) is 14.5. The van der Waals surface area contributed by atoms with E-state index in [0.717, 1.165) is 0 Å². The van der Waals surface area contributed by atoms with Crippen LogP contribution >= 0.6 is 0 Å². The molecule has 0 radical (unpaired) electrons. The van der Waals surface area contributed by atoms with Crippen molar-refractivity contribution >= 4 is 5.97 Å². The second-order valence-electron chi connectivity index (χ2n) is 6.24. The molecule has 1 aliphatic rings. The van der Waals surface area contributed by atoms with Gasteiger partial charge in [0.2, 0.25) is 0 Å². The third kappa shape index (κ3) is 4.79. The second-order valence-corrected chi connectivity index (χ2v) is 6.24. The minimum absolute atomic E-state index is 0.825. The number of carbonyl (C=O) groups excluding carboxylic acids is 1. The van der Waals surface area contributed by atoms with Crippen LogP contribution in [-0.4, -0.2) is 66.7 Å². The number of ether oxygens (including phenoxy) is 4. The molecule has 1 rings (SSSR count). The fourth-order valence-electron chi connectivity index (χ4n) is 1.76. The molecule has 0 aromatic rings. The molecule has 0 aliphatic carbocycles. The summed E-state index contributed by atoms with van der Waals surface area (Å²) >= 11 is 0. The van der Waals surface area contributed by atoms with Gasteiger partial charge >= 0.3 is 60.1 Å². The maximum Gasteiger partial charge on any atom is 0.466 e. The summed E-state index contributed by atoms with van der Waals surface area (Å²) in [7, 11) is 0. The van der Waals surface area contributed by atoms with Crippen molar-refractivity contribution in [3.8, 4) is 0 Å². The maximum absolute atomic E-state index is 14.2. The van der Waals surface area contributed by atoms with Gasteiger partial charge in [0.1, 0.15) is 6.61 Å². The van der Waals surface area contributed by atoms with E-state index in [4.69, 9.17) is 0 Å². The van der Waals surface area contributed by atoms with E-state index in [2.05, 4.69) is 18.9 Å². The van der Waals surface area contributed by atoms with Crippen LogP contribution < -0.4 is 0 Å². The number of esters is 1. The smallest absolute Gasteiger partial charge is 0.392 e. The molecule has 1 fully saturated rings. The first-order valence-electron chi connectivity index (χ1n) is 7.49.